The van der Waals surface area contributed by atoms with Gasteiger partial charge in [0.2, 0.25) is 0 Å². The van der Waals surface area contributed by atoms with Crippen molar-refractivity contribution >= 4 is 75.2 Å². The van der Waals surface area contributed by atoms with E-state index in [4.69, 9.17) is 5.73 Å². The van der Waals surface area contributed by atoms with E-state index >= 15 is 0 Å². The van der Waals surface area contributed by atoms with Crippen LogP contribution < -0.4 is 5.73 Å². The Balaban J connectivity index is -0.0000000456. The minimum atomic E-state index is -0.269. The molecule has 2 N–H and O–H groups in total. The molecule has 0 saturated heterocycles. The third-order valence-corrected chi connectivity index (χ3v) is 10.3. The van der Waals surface area contributed by atoms with Gasteiger partial charge in [0.15, 0.2) is 17.3 Å². The highest BCUT2D eigenvalue weighted by Gasteiger charge is 2.25. The van der Waals surface area contributed by atoms with E-state index in [1.807, 2.05) is 124 Å². The molecule has 15 heteroatoms. The fourth-order valence-electron chi connectivity index (χ4n) is 4.38. The molecule has 3 aromatic rings. The molecule has 1 aromatic heterocycles. The molecule has 2 aromatic carbocycles. The Morgan fingerprint density at radius 2 is 0.713 bits per heavy atom. The Labute approximate surface area is 580 Å². The second-order valence-corrected chi connectivity index (χ2v) is 23.2. The highest BCUT2D eigenvalue weighted by atomic mass is 16.2. The molecule has 0 radical (unpaired) electrons. The summed E-state index contributed by atoms with van der Waals surface area (Å²) in [6, 6.07) is 20.0. The second-order valence-electron chi connectivity index (χ2n) is 23.2. The summed E-state index contributed by atoms with van der Waals surface area (Å²) < 4.78 is 0. The van der Waals surface area contributed by atoms with Crippen molar-refractivity contribution in [2.24, 2.45) is 40.7 Å². The Hall–Kier alpha value is -6.74. The summed E-state index contributed by atoms with van der Waals surface area (Å²) >= 11 is 0. The molecule has 0 spiro atoms. The number of rotatable bonds is 10. The zero-order valence-corrected chi connectivity index (χ0v) is 57.5. The van der Waals surface area contributed by atoms with Gasteiger partial charge in [-0.15, -0.1) is 0 Å². The van der Waals surface area contributed by atoms with Crippen LogP contribution in [-0.2, 0) is 47.9 Å². The van der Waals surface area contributed by atoms with Crippen molar-refractivity contribution < 1.29 is 62.3 Å². The molecule has 2 aliphatic carbocycles. The normalized spacial score (nSPS) is 10.1. The Morgan fingerprint density at radius 3 is 0.819 bits per heavy atom. The number of nitrogens with zero attached hydrogens (tertiary/aromatic N) is 1. The molecule has 554 valence electrons. The average molecular weight is 1340 g/mol. The smallest absolute Gasteiger partial charge is 0.161 e. The summed E-state index contributed by atoms with van der Waals surface area (Å²) in [7, 11) is 0. The Kier molecular flexibility index (Phi) is 113. The molecule has 0 amide bonds. The summed E-state index contributed by atoms with van der Waals surface area (Å²) in [5.74, 6) is 4.50. The minimum absolute atomic E-state index is 0. The molecule has 0 aliphatic heterocycles. The zero-order valence-electron chi connectivity index (χ0n) is 57.5. The number of carbonyl (C=O) groups excluding carboxylic acids is 13. The van der Waals surface area contributed by atoms with Crippen molar-refractivity contribution in [3.63, 3.8) is 0 Å². The molecule has 1 atom stereocenters. The van der Waals surface area contributed by atoms with Gasteiger partial charge in [-0.05, 0) is 174 Å². The van der Waals surface area contributed by atoms with Crippen LogP contribution in [-0.4, -0.2) is 86.2 Å². The summed E-state index contributed by atoms with van der Waals surface area (Å²) in [5, 5.41) is 0. The monoisotopic (exact) mass is 1340 g/mol. The van der Waals surface area contributed by atoms with Crippen molar-refractivity contribution in [3.05, 3.63) is 101 Å². The number of hydrogen-bond acceptors (Lipinski definition) is 15. The molecule has 2 aliphatic rings. The maximum Gasteiger partial charge on any atom is 0.161 e. The van der Waals surface area contributed by atoms with E-state index in [2.05, 4.69) is 4.98 Å². The highest BCUT2D eigenvalue weighted by molar-refractivity contribution is 5.95. The lowest BCUT2D eigenvalue weighted by atomic mass is 9.83. The number of aryl methyl sites for hydroxylation is 1. The van der Waals surface area contributed by atoms with Gasteiger partial charge in [0.1, 0.15) is 57.8 Å². The van der Waals surface area contributed by atoms with Crippen LogP contribution in [0, 0.1) is 41.9 Å². The first-order valence-electron chi connectivity index (χ1n) is 28.8. The number of nitrogens with two attached hydrogens (primary N) is 1. The van der Waals surface area contributed by atoms with Gasteiger partial charge in [-0.1, -0.05) is 196 Å². The van der Waals surface area contributed by atoms with Crippen LogP contribution in [0.3, 0.4) is 0 Å². The van der Waals surface area contributed by atoms with Gasteiger partial charge < -0.3 is 29.7 Å². The standard InChI is InChI=1S/C9H10O.C8H8O.C7H7NO.C6H13NO.C6H10O.2C6H12O.C5H8O.C5H10O.4C3H6O.9CH4/c1-7-3-5-9(6-4-7)8(2)10;1-7(9)8-5-3-2-4-6-8;1-6(9)7-3-2-4-8-5-7;1-4(2)6(7)5(3)8;1-5(7)6-3-2-4-6;1-5(7)6(2,3)4;1-5(2)4-6(3)7;1-4(6)5-2-3-5;1-4(2)5(3)6;4*1-3(2)4;;;;;;;;;/h3-6H,1-2H3;2-6H,1H3;2-5H,1H3;4,6H,7H2,1-3H3;6H,2-4H2,1H3;1-4H3;5H,4H2,1-3H3;5H,2-3H2,1H3;4H,1-3H3;4*1-2H3;9*1H4. The van der Waals surface area contributed by atoms with Gasteiger partial charge in [-0.3, -0.25) is 43.3 Å². The van der Waals surface area contributed by atoms with Crippen LogP contribution in [0.25, 0.3) is 0 Å². The van der Waals surface area contributed by atoms with E-state index in [-0.39, 0.29) is 154 Å². The lowest BCUT2D eigenvalue weighted by molar-refractivity contribution is -0.124. The van der Waals surface area contributed by atoms with Gasteiger partial charge in [0, 0.05) is 58.7 Å². The fraction of sp³-hybridized carbons (Fsp3) is 0.620. The van der Waals surface area contributed by atoms with Crippen LogP contribution in [0.15, 0.2) is 79.1 Å². The number of Topliss-reactive ketones (excluding diaryl/α,β-unsaturated/α-hetero) is 13. The molecule has 2 fully saturated rings. The Bertz CT molecular complexity index is 2250. The molecule has 1 unspecified atom stereocenters. The quantitative estimate of drug-likeness (QED) is 0.185. The van der Waals surface area contributed by atoms with E-state index in [0.29, 0.717) is 34.9 Å². The molecule has 5 rings (SSSR count). The second kappa shape index (κ2) is 80.5. The van der Waals surface area contributed by atoms with Crippen LogP contribution in [0.1, 0.15) is 322 Å². The average Bonchev–Trinajstić information content (AvgIpc) is 4.18. The van der Waals surface area contributed by atoms with Crippen LogP contribution in [0.4, 0.5) is 0 Å². The summed E-state index contributed by atoms with van der Waals surface area (Å²) in [6.07, 6.45) is 9.79. The van der Waals surface area contributed by atoms with Crippen LogP contribution in [0.2, 0.25) is 0 Å². The zero-order chi connectivity index (χ0) is 68.9. The van der Waals surface area contributed by atoms with E-state index in [1.54, 1.807) is 73.0 Å². The lowest BCUT2D eigenvalue weighted by Crippen LogP contribution is -2.33. The predicted octanol–water partition coefficient (Wildman–Crippen LogP) is 20.9. The number of pyridine rings is 1. The van der Waals surface area contributed by atoms with Crippen LogP contribution in [0.5, 0.6) is 0 Å². The first kappa shape index (κ1) is 132. The SMILES string of the molecule is C.C.C.C.C.C.C.C.C.CC(=O)C(C)(C)C.CC(=O)C(C)C.CC(=O)C(N)C(C)C.CC(=O)C1CC1.CC(=O)C1CCC1.CC(=O)CC(C)C.CC(=O)c1ccc(C)cc1.CC(=O)c1ccccc1.CC(=O)c1cccnc1.CC(C)=O.CC(C)=O.CC(C)=O.CC(C)=O. The summed E-state index contributed by atoms with van der Waals surface area (Å²) in [4.78, 5) is 136. The van der Waals surface area contributed by atoms with Crippen molar-refractivity contribution in [2.75, 3.05) is 0 Å². The maximum atomic E-state index is 10.8. The van der Waals surface area contributed by atoms with E-state index in [9.17, 15) is 62.3 Å². The number of ketones is 13. The molecule has 1 heterocycles. The third-order valence-electron chi connectivity index (χ3n) is 10.3. The van der Waals surface area contributed by atoms with Crippen molar-refractivity contribution in [3.8, 4) is 0 Å². The summed E-state index contributed by atoms with van der Waals surface area (Å²) in [6.45, 7) is 46.1. The largest absolute Gasteiger partial charge is 0.321 e. The lowest BCUT2D eigenvalue weighted by Gasteiger charge is -2.21. The molecule has 0 bridgehead atoms. The predicted molar refractivity (Wildman–Crippen MR) is 409 cm³/mol. The number of aromatic nitrogens is 1. The molecule has 15 nitrogen and oxygen atoms in total. The van der Waals surface area contributed by atoms with Crippen molar-refractivity contribution in [1.82, 2.24) is 4.98 Å². The highest BCUT2D eigenvalue weighted by Crippen LogP contribution is 2.29. The first-order chi connectivity index (χ1) is 38.6. The topological polar surface area (TPSA) is 261 Å². The molecule has 2 saturated carbocycles. The molecule has 94 heavy (non-hydrogen) atoms. The number of carbonyl (C=O) groups is 13. The summed E-state index contributed by atoms with van der Waals surface area (Å²) in [5.41, 5.74) is 8.68. The Morgan fingerprint density at radius 1 is 0.436 bits per heavy atom. The minimum Gasteiger partial charge on any atom is -0.321 e. The third kappa shape index (κ3) is 123. The van der Waals surface area contributed by atoms with Gasteiger partial charge in [0.05, 0.1) is 6.04 Å². The molecular formula is C79H150N2O13. The maximum absolute atomic E-state index is 10.8. The van der Waals surface area contributed by atoms with Crippen LogP contribution >= 0.6 is 0 Å². The molecular weight excluding hydrogens is 1180 g/mol. The van der Waals surface area contributed by atoms with E-state index in [1.165, 1.54) is 81.2 Å². The van der Waals surface area contributed by atoms with E-state index in [0.717, 1.165) is 43.2 Å². The number of hydrogen-bond donors (Lipinski definition) is 1. The fourth-order valence-corrected chi connectivity index (χ4v) is 4.38. The van der Waals surface area contributed by atoms with Crippen molar-refractivity contribution in [1.29, 1.82) is 0 Å². The van der Waals surface area contributed by atoms with Gasteiger partial charge in [0.25, 0.3) is 0 Å². The van der Waals surface area contributed by atoms with Gasteiger partial charge >= 0.3 is 0 Å². The van der Waals surface area contributed by atoms with E-state index < -0.39 is 0 Å². The van der Waals surface area contributed by atoms with Crippen molar-refractivity contribution in [2.45, 2.75) is 298 Å². The van der Waals surface area contributed by atoms with Gasteiger partial charge in [-0.2, -0.15) is 0 Å². The first-order valence-corrected chi connectivity index (χ1v) is 28.8. The van der Waals surface area contributed by atoms with Gasteiger partial charge in [-0.25, -0.2) is 0 Å². The number of benzene rings is 2.